The van der Waals surface area contributed by atoms with Crippen molar-refractivity contribution in [2.45, 2.75) is 5.92 Å². The molecule has 0 fully saturated rings. The largest absolute Gasteiger partial charge is 0.423 e. The molecule has 3 heteroatoms. The van der Waals surface area contributed by atoms with Gasteiger partial charge in [-0.2, -0.15) is 0 Å². The zero-order valence-electron chi connectivity index (χ0n) is 15.7. The minimum absolute atomic E-state index is 0.119. The molecule has 2 nitrogen and oxygen atoms in total. The average Bonchev–Trinajstić information content (AvgIpc) is 2.77. The number of hydrogen-bond donors (Lipinski definition) is 0. The SMILES string of the molecule is O=C(Oc1ccc(C(c2ccccc2)c2ccccc2)cc1)c1ccc(Br)cc1. The number of hydrogen-bond acceptors (Lipinski definition) is 2. The summed E-state index contributed by atoms with van der Waals surface area (Å²) in [5.41, 5.74) is 4.10. The van der Waals surface area contributed by atoms with Crippen LogP contribution in [0.4, 0.5) is 0 Å². The number of carbonyl (C=O) groups is 1. The minimum atomic E-state index is -0.368. The number of benzene rings is 4. The first-order valence-electron chi connectivity index (χ1n) is 9.38. The molecular formula is C26H19BrO2. The zero-order valence-corrected chi connectivity index (χ0v) is 17.3. The first kappa shape index (κ1) is 19.2. The fourth-order valence-corrected chi connectivity index (χ4v) is 3.61. The Kier molecular flexibility index (Phi) is 5.87. The monoisotopic (exact) mass is 442 g/mol. The molecule has 0 spiro atoms. The van der Waals surface area contributed by atoms with E-state index >= 15 is 0 Å². The minimum Gasteiger partial charge on any atom is -0.423 e. The fourth-order valence-electron chi connectivity index (χ4n) is 3.35. The maximum absolute atomic E-state index is 12.3. The van der Waals surface area contributed by atoms with Crippen molar-refractivity contribution in [2.75, 3.05) is 0 Å². The second-order valence-corrected chi connectivity index (χ2v) is 7.64. The summed E-state index contributed by atoms with van der Waals surface area (Å²) < 4.78 is 6.45. The van der Waals surface area contributed by atoms with Gasteiger partial charge in [0.25, 0.3) is 0 Å². The van der Waals surface area contributed by atoms with Crippen LogP contribution in [0.5, 0.6) is 5.75 Å². The molecule has 4 rings (SSSR count). The van der Waals surface area contributed by atoms with Gasteiger partial charge < -0.3 is 4.74 Å². The van der Waals surface area contributed by atoms with Crippen LogP contribution in [0.1, 0.15) is 33.0 Å². The van der Waals surface area contributed by atoms with Crippen molar-refractivity contribution < 1.29 is 9.53 Å². The normalized spacial score (nSPS) is 10.7. The summed E-state index contributed by atoms with van der Waals surface area (Å²) in [5.74, 6) is 0.281. The van der Waals surface area contributed by atoms with Crippen LogP contribution < -0.4 is 4.74 Å². The second kappa shape index (κ2) is 8.89. The van der Waals surface area contributed by atoms with Crippen molar-refractivity contribution in [3.63, 3.8) is 0 Å². The number of ether oxygens (including phenoxy) is 1. The van der Waals surface area contributed by atoms with E-state index in [1.807, 2.05) is 48.5 Å². The molecule has 29 heavy (non-hydrogen) atoms. The van der Waals surface area contributed by atoms with Crippen molar-refractivity contribution in [2.24, 2.45) is 0 Å². The first-order chi connectivity index (χ1) is 14.2. The lowest BCUT2D eigenvalue weighted by Gasteiger charge is -2.19. The lowest BCUT2D eigenvalue weighted by Crippen LogP contribution is -2.08. The van der Waals surface area contributed by atoms with Crippen LogP contribution in [-0.2, 0) is 0 Å². The van der Waals surface area contributed by atoms with Gasteiger partial charge in [-0.1, -0.05) is 88.7 Å². The van der Waals surface area contributed by atoms with E-state index in [1.165, 1.54) is 11.1 Å². The third kappa shape index (κ3) is 4.64. The van der Waals surface area contributed by atoms with Crippen LogP contribution in [0, 0.1) is 0 Å². The molecule has 4 aromatic rings. The van der Waals surface area contributed by atoms with Gasteiger partial charge in [0.1, 0.15) is 5.75 Å². The van der Waals surface area contributed by atoms with Gasteiger partial charge >= 0.3 is 5.97 Å². The predicted molar refractivity (Wildman–Crippen MR) is 119 cm³/mol. The third-order valence-electron chi connectivity index (χ3n) is 4.77. The molecule has 0 aliphatic heterocycles. The second-order valence-electron chi connectivity index (χ2n) is 6.72. The smallest absolute Gasteiger partial charge is 0.343 e. The molecule has 0 unspecified atom stereocenters. The molecule has 0 atom stereocenters. The maximum atomic E-state index is 12.3. The van der Waals surface area contributed by atoms with Crippen LogP contribution in [0.15, 0.2) is 114 Å². The highest BCUT2D eigenvalue weighted by Gasteiger charge is 2.17. The van der Waals surface area contributed by atoms with Gasteiger partial charge in [-0.25, -0.2) is 4.79 Å². The van der Waals surface area contributed by atoms with Gasteiger partial charge in [-0.15, -0.1) is 0 Å². The van der Waals surface area contributed by atoms with Crippen molar-refractivity contribution in [3.8, 4) is 5.75 Å². The molecule has 0 radical (unpaired) electrons. The molecule has 4 aromatic carbocycles. The zero-order chi connectivity index (χ0) is 20.1. The lowest BCUT2D eigenvalue weighted by atomic mass is 9.85. The Morgan fingerprint density at radius 2 is 1.10 bits per heavy atom. The molecule has 0 amide bonds. The summed E-state index contributed by atoms with van der Waals surface area (Å²) in [4.78, 5) is 12.3. The summed E-state index contributed by atoms with van der Waals surface area (Å²) in [7, 11) is 0. The Labute approximate surface area is 178 Å². The quantitative estimate of drug-likeness (QED) is 0.192. The Hall–Kier alpha value is -3.17. The molecule has 0 N–H and O–H groups in total. The number of carbonyl (C=O) groups excluding carboxylic acids is 1. The summed E-state index contributed by atoms with van der Waals surface area (Å²) in [5, 5.41) is 0. The molecule has 0 aliphatic rings. The van der Waals surface area contributed by atoms with Crippen molar-refractivity contribution in [1.82, 2.24) is 0 Å². The summed E-state index contributed by atoms with van der Waals surface area (Å²) in [6, 6.07) is 35.7. The highest BCUT2D eigenvalue weighted by atomic mass is 79.9. The number of halogens is 1. The summed E-state index contributed by atoms with van der Waals surface area (Å²) in [6.45, 7) is 0. The van der Waals surface area contributed by atoms with E-state index in [2.05, 4.69) is 64.5 Å². The Morgan fingerprint density at radius 3 is 1.62 bits per heavy atom. The van der Waals surface area contributed by atoms with Crippen molar-refractivity contribution >= 4 is 21.9 Å². The number of esters is 1. The molecule has 0 heterocycles. The Balaban J connectivity index is 1.59. The van der Waals surface area contributed by atoms with E-state index in [0.29, 0.717) is 11.3 Å². The molecule has 0 bridgehead atoms. The first-order valence-corrected chi connectivity index (χ1v) is 10.2. The van der Waals surface area contributed by atoms with Gasteiger partial charge in [0.15, 0.2) is 0 Å². The van der Waals surface area contributed by atoms with Crippen LogP contribution in [-0.4, -0.2) is 5.97 Å². The number of rotatable bonds is 5. The molecular weight excluding hydrogens is 424 g/mol. The van der Waals surface area contributed by atoms with E-state index in [-0.39, 0.29) is 11.9 Å². The summed E-state index contributed by atoms with van der Waals surface area (Å²) in [6.07, 6.45) is 0. The average molecular weight is 443 g/mol. The van der Waals surface area contributed by atoms with Crippen LogP contribution in [0.2, 0.25) is 0 Å². The molecule has 0 aliphatic carbocycles. The molecule has 0 saturated carbocycles. The van der Waals surface area contributed by atoms with Crippen molar-refractivity contribution in [1.29, 1.82) is 0 Å². The van der Waals surface area contributed by atoms with Crippen molar-refractivity contribution in [3.05, 3.63) is 136 Å². The van der Waals surface area contributed by atoms with E-state index in [0.717, 1.165) is 10.0 Å². The van der Waals surface area contributed by atoms with E-state index in [9.17, 15) is 4.79 Å². The highest BCUT2D eigenvalue weighted by Crippen LogP contribution is 2.32. The highest BCUT2D eigenvalue weighted by molar-refractivity contribution is 9.10. The van der Waals surface area contributed by atoms with Crippen LogP contribution in [0.3, 0.4) is 0 Å². The fraction of sp³-hybridized carbons (Fsp3) is 0.0385. The van der Waals surface area contributed by atoms with Gasteiger partial charge in [0, 0.05) is 10.4 Å². The predicted octanol–water partition coefficient (Wildman–Crippen LogP) is 6.85. The molecule has 142 valence electrons. The topological polar surface area (TPSA) is 26.3 Å². The molecule has 0 saturated heterocycles. The Morgan fingerprint density at radius 1 is 0.621 bits per heavy atom. The van der Waals surface area contributed by atoms with E-state index < -0.39 is 0 Å². The third-order valence-corrected chi connectivity index (χ3v) is 5.30. The van der Waals surface area contributed by atoms with Gasteiger partial charge in [0.05, 0.1) is 5.56 Å². The van der Waals surface area contributed by atoms with Crippen LogP contribution >= 0.6 is 15.9 Å². The van der Waals surface area contributed by atoms with Gasteiger partial charge in [0.2, 0.25) is 0 Å². The molecule has 0 aromatic heterocycles. The lowest BCUT2D eigenvalue weighted by molar-refractivity contribution is 0.0734. The maximum Gasteiger partial charge on any atom is 0.343 e. The Bertz CT molecular complexity index is 1030. The van der Waals surface area contributed by atoms with E-state index in [4.69, 9.17) is 4.74 Å². The van der Waals surface area contributed by atoms with Gasteiger partial charge in [-0.3, -0.25) is 0 Å². The summed E-state index contributed by atoms with van der Waals surface area (Å²) >= 11 is 3.37. The standard InChI is InChI=1S/C26H19BrO2/c27-23-15-11-22(12-16-23)26(28)29-24-17-13-21(14-18-24)25(19-7-3-1-4-8-19)20-9-5-2-6-10-20/h1-18,25H. The van der Waals surface area contributed by atoms with E-state index in [1.54, 1.807) is 12.1 Å². The van der Waals surface area contributed by atoms with Crippen LogP contribution in [0.25, 0.3) is 0 Å². The van der Waals surface area contributed by atoms with Gasteiger partial charge in [-0.05, 0) is 53.1 Å².